The van der Waals surface area contributed by atoms with Crippen LogP contribution in [0.25, 0.3) is 0 Å². The van der Waals surface area contributed by atoms with Gasteiger partial charge in [0.2, 0.25) is 0 Å². The minimum Gasteiger partial charge on any atom is -0.480 e. The molecule has 0 saturated carbocycles. The fourth-order valence-electron chi connectivity index (χ4n) is 2.86. The number of likely N-dealkylation sites (tertiary alicyclic amines) is 1. The van der Waals surface area contributed by atoms with E-state index in [4.69, 9.17) is 5.26 Å². The summed E-state index contributed by atoms with van der Waals surface area (Å²) in [6.07, 6.45) is 4.94. The Morgan fingerprint density at radius 1 is 1.47 bits per heavy atom. The van der Waals surface area contributed by atoms with Gasteiger partial charge in [-0.2, -0.15) is 5.26 Å². The second kappa shape index (κ2) is 6.91. The molecule has 1 aliphatic rings. The van der Waals surface area contributed by atoms with Gasteiger partial charge in [-0.15, -0.1) is 0 Å². The summed E-state index contributed by atoms with van der Waals surface area (Å²) in [5.74, 6) is -0.452. The third-order valence-electron chi connectivity index (χ3n) is 4.09. The van der Waals surface area contributed by atoms with Gasteiger partial charge in [0.05, 0.1) is 11.5 Å². The third-order valence-corrected chi connectivity index (χ3v) is 4.09. The molecule has 0 amide bonds. The number of rotatable bonds is 6. The summed E-state index contributed by atoms with van der Waals surface area (Å²) in [6, 6.07) is 1.98. The van der Waals surface area contributed by atoms with Crippen LogP contribution < -0.4 is 0 Å². The number of hydrogen-bond donors (Lipinski definition) is 1. The van der Waals surface area contributed by atoms with Crippen LogP contribution in [-0.4, -0.2) is 35.1 Å². The molecule has 1 saturated heterocycles. The van der Waals surface area contributed by atoms with E-state index in [1.54, 1.807) is 0 Å². The van der Waals surface area contributed by atoms with Crippen LogP contribution in [0.4, 0.5) is 0 Å². The Labute approximate surface area is 116 Å². The Hall–Kier alpha value is -1.08. The molecular weight excluding hydrogens is 240 g/mol. The summed E-state index contributed by atoms with van der Waals surface area (Å²) >= 11 is 0. The Morgan fingerprint density at radius 3 is 2.74 bits per heavy atom. The Bertz CT molecular complexity index is 347. The highest BCUT2D eigenvalue weighted by atomic mass is 16.4. The number of aliphatic carboxylic acids is 1. The second-order valence-electron chi connectivity index (χ2n) is 6.39. The van der Waals surface area contributed by atoms with Crippen molar-refractivity contribution in [2.75, 3.05) is 13.1 Å². The molecule has 0 aliphatic carbocycles. The maximum atomic E-state index is 11.3. The first-order chi connectivity index (χ1) is 8.87. The highest BCUT2D eigenvalue weighted by Gasteiger charge is 2.33. The number of carbonyl (C=O) groups is 1. The van der Waals surface area contributed by atoms with Crippen LogP contribution in [0.1, 0.15) is 52.9 Å². The molecule has 2 atom stereocenters. The predicted octanol–water partition coefficient (Wildman–Crippen LogP) is 2.89. The van der Waals surface area contributed by atoms with Crippen molar-refractivity contribution >= 4 is 5.97 Å². The zero-order valence-electron chi connectivity index (χ0n) is 12.4. The largest absolute Gasteiger partial charge is 0.480 e. The lowest BCUT2D eigenvalue weighted by atomic mass is 9.88. The Morgan fingerprint density at radius 2 is 2.16 bits per heavy atom. The second-order valence-corrected chi connectivity index (χ2v) is 6.39. The Kier molecular flexibility index (Phi) is 5.81. The van der Waals surface area contributed by atoms with Crippen molar-refractivity contribution in [1.82, 2.24) is 4.90 Å². The predicted molar refractivity (Wildman–Crippen MR) is 74.6 cm³/mol. The molecule has 2 unspecified atom stereocenters. The average molecular weight is 266 g/mol. The van der Waals surface area contributed by atoms with E-state index in [1.165, 1.54) is 0 Å². The van der Waals surface area contributed by atoms with Crippen LogP contribution in [0.15, 0.2) is 0 Å². The standard InChI is InChI=1S/C15H26N2O2/c1-12-7-6-10-17(13(12)14(18)19)9-5-4-8-15(2,3)11-16/h12-13H,4-10H2,1-3H3,(H,18,19). The van der Waals surface area contributed by atoms with Crippen molar-refractivity contribution in [3.8, 4) is 6.07 Å². The zero-order valence-corrected chi connectivity index (χ0v) is 12.4. The van der Waals surface area contributed by atoms with Gasteiger partial charge in [-0.25, -0.2) is 0 Å². The molecular formula is C15H26N2O2. The van der Waals surface area contributed by atoms with Crippen molar-refractivity contribution in [2.45, 2.75) is 58.9 Å². The first-order valence-electron chi connectivity index (χ1n) is 7.25. The van der Waals surface area contributed by atoms with E-state index in [0.717, 1.165) is 45.2 Å². The fourth-order valence-corrected chi connectivity index (χ4v) is 2.86. The van der Waals surface area contributed by atoms with Crippen molar-refractivity contribution < 1.29 is 9.90 Å². The van der Waals surface area contributed by atoms with E-state index in [9.17, 15) is 9.90 Å². The lowest BCUT2D eigenvalue weighted by molar-refractivity contribution is -0.146. The van der Waals surface area contributed by atoms with E-state index >= 15 is 0 Å². The third kappa shape index (κ3) is 4.83. The minimum atomic E-state index is -0.690. The molecule has 1 rings (SSSR count). The van der Waals surface area contributed by atoms with Crippen LogP contribution in [0.5, 0.6) is 0 Å². The van der Waals surface area contributed by atoms with Crippen LogP contribution in [0.3, 0.4) is 0 Å². The zero-order chi connectivity index (χ0) is 14.5. The Balaban J connectivity index is 2.39. The molecule has 4 nitrogen and oxygen atoms in total. The van der Waals surface area contributed by atoms with E-state index in [2.05, 4.69) is 11.0 Å². The molecule has 0 aromatic heterocycles. The lowest BCUT2D eigenvalue weighted by Crippen LogP contribution is -2.49. The van der Waals surface area contributed by atoms with Gasteiger partial charge in [0.15, 0.2) is 0 Å². The van der Waals surface area contributed by atoms with Gasteiger partial charge < -0.3 is 5.11 Å². The topological polar surface area (TPSA) is 64.3 Å². The van der Waals surface area contributed by atoms with E-state index < -0.39 is 5.97 Å². The number of carboxylic acid groups (broad SMARTS) is 1. The summed E-state index contributed by atoms with van der Waals surface area (Å²) in [7, 11) is 0. The van der Waals surface area contributed by atoms with Crippen LogP contribution in [0, 0.1) is 22.7 Å². The molecule has 0 aromatic rings. The van der Waals surface area contributed by atoms with Gasteiger partial charge in [-0.1, -0.05) is 13.3 Å². The van der Waals surface area contributed by atoms with Gasteiger partial charge in [0.25, 0.3) is 0 Å². The number of nitriles is 1. The van der Waals surface area contributed by atoms with Crippen LogP contribution >= 0.6 is 0 Å². The molecule has 19 heavy (non-hydrogen) atoms. The quantitative estimate of drug-likeness (QED) is 0.751. The normalized spacial score (nSPS) is 24.9. The summed E-state index contributed by atoms with van der Waals surface area (Å²) in [4.78, 5) is 13.4. The molecule has 0 radical (unpaired) electrons. The van der Waals surface area contributed by atoms with Gasteiger partial charge >= 0.3 is 5.97 Å². The summed E-state index contributed by atoms with van der Waals surface area (Å²) in [5, 5.41) is 18.3. The van der Waals surface area contributed by atoms with E-state index in [-0.39, 0.29) is 17.4 Å². The van der Waals surface area contributed by atoms with Gasteiger partial charge in [0, 0.05) is 0 Å². The first-order valence-corrected chi connectivity index (χ1v) is 7.25. The van der Waals surface area contributed by atoms with Crippen LogP contribution in [-0.2, 0) is 4.79 Å². The van der Waals surface area contributed by atoms with Crippen molar-refractivity contribution in [3.05, 3.63) is 0 Å². The molecule has 1 fully saturated rings. The monoisotopic (exact) mass is 266 g/mol. The number of unbranched alkanes of at least 4 members (excludes halogenated alkanes) is 1. The van der Waals surface area contributed by atoms with Crippen molar-refractivity contribution in [2.24, 2.45) is 11.3 Å². The summed E-state index contributed by atoms with van der Waals surface area (Å²) in [6.45, 7) is 7.67. The highest BCUT2D eigenvalue weighted by molar-refractivity contribution is 5.74. The fraction of sp³-hybridized carbons (Fsp3) is 0.867. The molecule has 0 aromatic carbocycles. The number of hydrogen-bond acceptors (Lipinski definition) is 3. The molecule has 0 spiro atoms. The maximum Gasteiger partial charge on any atom is 0.321 e. The smallest absolute Gasteiger partial charge is 0.321 e. The average Bonchev–Trinajstić information content (AvgIpc) is 2.34. The van der Waals surface area contributed by atoms with Crippen LogP contribution in [0.2, 0.25) is 0 Å². The van der Waals surface area contributed by atoms with E-state index in [1.807, 2.05) is 20.8 Å². The van der Waals surface area contributed by atoms with Gasteiger partial charge in [0.1, 0.15) is 6.04 Å². The summed E-state index contributed by atoms with van der Waals surface area (Å²) < 4.78 is 0. The van der Waals surface area contributed by atoms with Crippen molar-refractivity contribution in [3.63, 3.8) is 0 Å². The highest BCUT2D eigenvalue weighted by Crippen LogP contribution is 2.25. The first kappa shape index (κ1) is 16.0. The molecule has 4 heteroatoms. The van der Waals surface area contributed by atoms with Gasteiger partial charge in [-0.05, 0) is 58.5 Å². The minimum absolute atomic E-state index is 0.238. The number of piperidine rings is 1. The molecule has 1 aliphatic heterocycles. The summed E-state index contributed by atoms with van der Waals surface area (Å²) in [5.41, 5.74) is -0.263. The number of nitrogens with zero attached hydrogens (tertiary/aromatic N) is 2. The molecule has 108 valence electrons. The molecule has 1 N–H and O–H groups in total. The molecule has 0 bridgehead atoms. The van der Waals surface area contributed by atoms with Crippen molar-refractivity contribution in [1.29, 1.82) is 5.26 Å². The maximum absolute atomic E-state index is 11.3. The lowest BCUT2D eigenvalue weighted by Gasteiger charge is -2.37. The molecule has 1 heterocycles. The van der Waals surface area contributed by atoms with E-state index in [0.29, 0.717) is 0 Å². The number of carboxylic acids is 1. The van der Waals surface area contributed by atoms with Gasteiger partial charge in [-0.3, -0.25) is 9.69 Å². The SMILES string of the molecule is CC1CCCN(CCCCC(C)(C)C#N)C1C(=O)O.